The number of aryl methyl sites for hydroxylation is 2. The van der Waals surface area contributed by atoms with E-state index in [9.17, 15) is 5.11 Å². The van der Waals surface area contributed by atoms with Crippen molar-refractivity contribution in [3.63, 3.8) is 0 Å². The smallest absolute Gasteiger partial charge is 0.0830 e. The Morgan fingerprint density at radius 3 is 2.10 bits per heavy atom. The molecule has 1 atom stereocenters. The van der Waals surface area contributed by atoms with Crippen LogP contribution in [0, 0.1) is 6.92 Å². The molecule has 0 aliphatic heterocycles. The molecule has 0 saturated heterocycles. The van der Waals surface area contributed by atoms with Gasteiger partial charge in [-0.1, -0.05) is 67.4 Å². The predicted molar refractivity (Wildman–Crippen MR) is 84.9 cm³/mol. The van der Waals surface area contributed by atoms with Gasteiger partial charge in [0.05, 0.1) is 6.10 Å². The summed E-state index contributed by atoms with van der Waals surface area (Å²) in [7, 11) is 0. The summed E-state index contributed by atoms with van der Waals surface area (Å²) in [6.07, 6.45) is 3.83. The second kappa shape index (κ2) is 7.25. The van der Waals surface area contributed by atoms with Gasteiger partial charge < -0.3 is 5.11 Å². The third-order valence-electron chi connectivity index (χ3n) is 3.73. The average molecular weight is 268 g/mol. The van der Waals surface area contributed by atoms with E-state index in [0.29, 0.717) is 6.42 Å². The summed E-state index contributed by atoms with van der Waals surface area (Å²) < 4.78 is 0. The van der Waals surface area contributed by atoms with Crippen LogP contribution >= 0.6 is 0 Å². The van der Waals surface area contributed by atoms with E-state index in [1.165, 1.54) is 29.5 Å². The molecule has 0 heterocycles. The van der Waals surface area contributed by atoms with Gasteiger partial charge in [-0.3, -0.25) is 0 Å². The Morgan fingerprint density at radius 1 is 0.900 bits per heavy atom. The summed E-state index contributed by atoms with van der Waals surface area (Å²) in [4.78, 5) is 0. The SMILES string of the molecule is CCCCc1ccc(C(O)Cc2ccc(C)cc2)cc1. The lowest BCUT2D eigenvalue weighted by atomic mass is 9.99. The van der Waals surface area contributed by atoms with Gasteiger partial charge in [0.1, 0.15) is 0 Å². The molecule has 0 saturated carbocycles. The molecule has 2 rings (SSSR count). The Balaban J connectivity index is 1.98. The molecule has 0 fully saturated rings. The summed E-state index contributed by atoms with van der Waals surface area (Å²) in [5.41, 5.74) is 4.80. The molecule has 0 aromatic heterocycles. The number of unbranched alkanes of at least 4 members (excludes halogenated alkanes) is 1. The fraction of sp³-hybridized carbons (Fsp3) is 0.368. The quantitative estimate of drug-likeness (QED) is 0.811. The average Bonchev–Trinajstić information content (AvgIpc) is 2.48. The molecule has 0 radical (unpaired) electrons. The summed E-state index contributed by atoms with van der Waals surface area (Å²) in [6.45, 7) is 4.29. The van der Waals surface area contributed by atoms with Gasteiger partial charge in [-0.25, -0.2) is 0 Å². The Morgan fingerprint density at radius 2 is 1.50 bits per heavy atom. The highest BCUT2D eigenvalue weighted by molar-refractivity contribution is 5.27. The maximum Gasteiger partial charge on any atom is 0.0830 e. The molecule has 1 unspecified atom stereocenters. The van der Waals surface area contributed by atoms with Crippen LogP contribution in [0.2, 0.25) is 0 Å². The summed E-state index contributed by atoms with van der Waals surface area (Å²) in [6, 6.07) is 16.8. The van der Waals surface area contributed by atoms with E-state index < -0.39 is 6.10 Å². The fourth-order valence-corrected chi connectivity index (χ4v) is 2.35. The van der Waals surface area contributed by atoms with E-state index >= 15 is 0 Å². The number of hydrogen-bond acceptors (Lipinski definition) is 1. The molecule has 0 spiro atoms. The molecule has 0 amide bonds. The third kappa shape index (κ3) is 4.21. The number of aliphatic hydroxyl groups is 1. The van der Waals surface area contributed by atoms with Crippen LogP contribution in [-0.2, 0) is 12.8 Å². The van der Waals surface area contributed by atoms with E-state index in [2.05, 4.69) is 62.4 Å². The van der Waals surface area contributed by atoms with Gasteiger partial charge in [0.2, 0.25) is 0 Å². The van der Waals surface area contributed by atoms with Gasteiger partial charge in [-0.05, 0) is 36.5 Å². The van der Waals surface area contributed by atoms with Crippen LogP contribution < -0.4 is 0 Å². The Hall–Kier alpha value is -1.60. The molecule has 2 aromatic carbocycles. The number of rotatable bonds is 6. The molecular formula is C19H24O. The minimum absolute atomic E-state index is 0.419. The molecule has 2 aromatic rings. The van der Waals surface area contributed by atoms with E-state index in [1.807, 2.05) is 0 Å². The number of aliphatic hydroxyl groups excluding tert-OH is 1. The van der Waals surface area contributed by atoms with Crippen LogP contribution in [0.15, 0.2) is 48.5 Å². The molecule has 1 N–H and O–H groups in total. The van der Waals surface area contributed by atoms with E-state index in [-0.39, 0.29) is 0 Å². The number of hydrogen-bond donors (Lipinski definition) is 1. The summed E-state index contributed by atoms with van der Waals surface area (Å²) >= 11 is 0. The van der Waals surface area contributed by atoms with Gasteiger partial charge >= 0.3 is 0 Å². The molecule has 0 bridgehead atoms. The Bertz CT molecular complexity index is 510. The van der Waals surface area contributed by atoms with Crippen LogP contribution in [0.5, 0.6) is 0 Å². The van der Waals surface area contributed by atoms with Crippen molar-refractivity contribution in [3.05, 3.63) is 70.8 Å². The highest BCUT2D eigenvalue weighted by atomic mass is 16.3. The van der Waals surface area contributed by atoms with E-state index in [4.69, 9.17) is 0 Å². The highest BCUT2D eigenvalue weighted by Crippen LogP contribution is 2.19. The van der Waals surface area contributed by atoms with Crippen LogP contribution in [0.1, 0.15) is 48.1 Å². The van der Waals surface area contributed by atoms with E-state index in [1.54, 1.807) is 0 Å². The first kappa shape index (κ1) is 14.8. The third-order valence-corrected chi connectivity index (χ3v) is 3.73. The van der Waals surface area contributed by atoms with Crippen molar-refractivity contribution in [3.8, 4) is 0 Å². The zero-order valence-corrected chi connectivity index (χ0v) is 12.5. The lowest BCUT2D eigenvalue weighted by Crippen LogP contribution is -2.02. The molecule has 0 aliphatic carbocycles. The van der Waals surface area contributed by atoms with Crippen LogP contribution in [0.3, 0.4) is 0 Å². The summed E-state index contributed by atoms with van der Waals surface area (Å²) in [5, 5.41) is 10.3. The van der Waals surface area contributed by atoms with Crippen molar-refractivity contribution >= 4 is 0 Å². The van der Waals surface area contributed by atoms with Crippen LogP contribution in [0.25, 0.3) is 0 Å². The van der Waals surface area contributed by atoms with Crippen molar-refractivity contribution in [2.45, 2.75) is 45.6 Å². The number of benzene rings is 2. The monoisotopic (exact) mass is 268 g/mol. The second-order valence-electron chi connectivity index (χ2n) is 5.55. The minimum atomic E-state index is -0.419. The van der Waals surface area contributed by atoms with Crippen LogP contribution in [0.4, 0.5) is 0 Å². The van der Waals surface area contributed by atoms with Crippen molar-refractivity contribution in [1.29, 1.82) is 0 Å². The maximum absolute atomic E-state index is 10.3. The first-order chi connectivity index (χ1) is 9.69. The predicted octanol–water partition coefficient (Wildman–Crippen LogP) is 4.61. The van der Waals surface area contributed by atoms with Crippen molar-refractivity contribution in [2.75, 3.05) is 0 Å². The second-order valence-corrected chi connectivity index (χ2v) is 5.55. The van der Waals surface area contributed by atoms with E-state index in [0.717, 1.165) is 12.0 Å². The van der Waals surface area contributed by atoms with Gasteiger partial charge in [0.25, 0.3) is 0 Å². The minimum Gasteiger partial charge on any atom is -0.388 e. The molecule has 106 valence electrons. The summed E-state index contributed by atoms with van der Waals surface area (Å²) in [5.74, 6) is 0. The fourth-order valence-electron chi connectivity index (χ4n) is 2.35. The van der Waals surface area contributed by atoms with Crippen LogP contribution in [-0.4, -0.2) is 5.11 Å². The van der Waals surface area contributed by atoms with Gasteiger partial charge in [-0.2, -0.15) is 0 Å². The lowest BCUT2D eigenvalue weighted by molar-refractivity contribution is 0.178. The highest BCUT2D eigenvalue weighted by Gasteiger charge is 2.08. The zero-order chi connectivity index (χ0) is 14.4. The molecular weight excluding hydrogens is 244 g/mol. The molecule has 20 heavy (non-hydrogen) atoms. The maximum atomic E-state index is 10.3. The standard InChI is InChI=1S/C19H24O/c1-3-4-5-16-10-12-18(13-11-16)19(20)14-17-8-6-15(2)7-9-17/h6-13,19-20H,3-5,14H2,1-2H3. The first-order valence-corrected chi connectivity index (χ1v) is 7.51. The first-order valence-electron chi connectivity index (χ1n) is 7.51. The van der Waals surface area contributed by atoms with Gasteiger partial charge in [-0.15, -0.1) is 0 Å². The van der Waals surface area contributed by atoms with Crippen molar-refractivity contribution in [2.24, 2.45) is 0 Å². The molecule has 1 nitrogen and oxygen atoms in total. The Kier molecular flexibility index (Phi) is 5.37. The van der Waals surface area contributed by atoms with Crippen molar-refractivity contribution < 1.29 is 5.11 Å². The normalized spacial score (nSPS) is 12.3. The lowest BCUT2D eigenvalue weighted by Gasteiger charge is -2.12. The van der Waals surface area contributed by atoms with Gasteiger partial charge in [0.15, 0.2) is 0 Å². The largest absolute Gasteiger partial charge is 0.388 e. The zero-order valence-electron chi connectivity index (χ0n) is 12.5. The Labute approximate surface area is 122 Å². The topological polar surface area (TPSA) is 20.2 Å². The molecule has 0 aliphatic rings. The van der Waals surface area contributed by atoms with Crippen molar-refractivity contribution in [1.82, 2.24) is 0 Å². The van der Waals surface area contributed by atoms with Gasteiger partial charge in [0, 0.05) is 6.42 Å². The molecule has 1 heteroatoms.